The average molecular weight is 549 g/mol. The Kier molecular flexibility index (Phi) is 7.79. The monoisotopic (exact) mass is 548 g/mol. The molecule has 1 aromatic heterocycles. The third-order valence-corrected chi connectivity index (χ3v) is 6.54. The molecular formula is C26H21BrN4O3S. The topological polar surface area (TPSA) is 96.6 Å². The predicted molar refractivity (Wildman–Crippen MR) is 144 cm³/mol. The Morgan fingerprint density at radius 3 is 2.69 bits per heavy atom. The molecule has 0 atom stereocenters. The molecule has 1 amide bonds. The zero-order chi connectivity index (χ0) is 24.8. The second kappa shape index (κ2) is 11.2. The number of nitrogens with one attached hydrogen (secondary N) is 1. The molecule has 0 aliphatic rings. The molecule has 0 spiro atoms. The minimum atomic E-state index is -0.377. The summed E-state index contributed by atoms with van der Waals surface area (Å²) < 4.78 is 2.38. The van der Waals surface area contributed by atoms with Crippen molar-refractivity contribution in [2.75, 3.05) is 5.75 Å². The molecule has 0 aliphatic carbocycles. The van der Waals surface area contributed by atoms with Crippen LogP contribution in [-0.4, -0.2) is 32.5 Å². The largest absolute Gasteiger partial charge is 0.507 e. The lowest BCUT2D eigenvalue weighted by atomic mass is 10.1. The summed E-state index contributed by atoms with van der Waals surface area (Å²) in [5.74, 6) is -0.294. The second-order valence-corrected chi connectivity index (χ2v) is 9.32. The Labute approximate surface area is 214 Å². The van der Waals surface area contributed by atoms with Crippen molar-refractivity contribution in [2.24, 2.45) is 5.10 Å². The first-order chi connectivity index (χ1) is 17.0. The number of aromatic nitrogens is 2. The number of aromatic hydroxyl groups is 1. The smallest absolute Gasteiger partial charge is 0.266 e. The number of phenolic OH excluding ortho intramolecular Hbond substituents is 1. The molecule has 1 heterocycles. The molecular weight excluding hydrogens is 528 g/mol. The number of carbonyl (C=O) groups excluding carboxylic acids is 1. The van der Waals surface area contributed by atoms with E-state index in [0.717, 1.165) is 21.8 Å². The molecule has 9 heteroatoms. The fraction of sp³-hybridized carbons (Fsp3) is 0.0769. The molecule has 0 fully saturated rings. The van der Waals surface area contributed by atoms with Crippen LogP contribution in [0.15, 0.2) is 98.9 Å². The number of allylic oxidation sites excluding steroid dienone is 1. The molecule has 2 N–H and O–H groups in total. The van der Waals surface area contributed by atoms with E-state index in [-0.39, 0.29) is 23.0 Å². The van der Waals surface area contributed by atoms with Crippen LogP contribution in [-0.2, 0) is 11.2 Å². The Morgan fingerprint density at radius 1 is 1.14 bits per heavy atom. The molecule has 3 aromatic carbocycles. The van der Waals surface area contributed by atoms with Crippen molar-refractivity contribution < 1.29 is 9.90 Å². The van der Waals surface area contributed by atoms with Gasteiger partial charge in [0.15, 0.2) is 5.16 Å². The SMILES string of the molecule is C=CCc1cccc(/C=N\NC(=O)CSc2nc3ccccc3c(=O)n2-c2ccc(Br)cc2)c1O. The maximum atomic E-state index is 13.3. The van der Waals surface area contributed by atoms with E-state index in [0.29, 0.717) is 33.7 Å². The van der Waals surface area contributed by atoms with Crippen LogP contribution in [0.1, 0.15) is 11.1 Å². The van der Waals surface area contributed by atoms with Crippen LogP contribution >= 0.6 is 27.7 Å². The third kappa shape index (κ3) is 5.70. The number of nitrogens with zero attached hydrogens (tertiary/aromatic N) is 3. The molecule has 0 saturated carbocycles. The van der Waals surface area contributed by atoms with E-state index in [1.807, 2.05) is 30.3 Å². The minimum Gasteiger partial charge on any atom is -0.507 e. The van der Waals surface area contributed by atoms with E-state index in [4.69, 9.17) is 0 Å². The van der Waals surface area contributed by atoms with Crippen molar-refractivity contribution in [3.63, 3.8) is 0 Å². The lowest BCUT2D eigenvalue weighted by Crippen LogP contribution is -2.24. The summed E-state index contributed by atoms with van der Waals surface area (Å²) in [6.45, 7) is 3.68. The fourth-order valence-electron chi connectivity index (χ4n) is 3.40. The molecule has 35 heavy (non-hydrogen) atoms. The summed E-state index contributed by atoms with van der Waals surface area (Å²) in [6.07, 6.45) is 3.61. The van der Waals surface area contributed by atoms with E-state index in [1.54, 1.807) is 42.5 Å². The van der Waals surface area contributed by atoms with Crippen LogP contribution in [0.5, 0.6) is 5.75 Å². The molecule has 0 bridgehead atoms. The number of hydrogen-bond acceptors (Lipinski definition) is 6. The second-order valence-electron chi connectivity index (χ2n) is 7.46. The zero-order valence-electron chi connectivity index (χ0n) is 18.5. The minimum absolute atomic E-state index is 0.0128. The van der Waals surface area contributed by atoms with Gasteiger partial charge in [-0.25, -0.2) is 10.4 Å². The predicted octanol–water partition coefficient (Wildman–Crippen LogP) is 4.82. The standard InChI is InChI=1S/C26H21BrN4O3S/c1-2-6-17-7-5-8-18(24(17)33)15-28-30-23(32)16-35-26-29-22-10-4-3-9-21(22)25(34)31(26)20-13-11-19(27)12-14-20/h2-5,7-15,33H,1,6,16H2,(H,30,32)/b28-15-. The number of halogens is 1. The number of carbonyl (C=O) groups is 1. The Balaban J connectivity index is 1.53. The number of benzene rings is 3. The lowest BCUT2D eigenvalue weighted by Gasteiger charge is -2.13. The normalized spacial score (nSPS) is 11.1. The molecule has 0 radical (unpaired) electrons. The van der Waals surface area contributed by atoms with Gasteiger partial charge >= 0.3 is 0 Å². The molecule has 176 valence electrons. The quantitative estimate of drug-likeness (QED) is 0.108. The van der Waals surface area contributed by atoms with Crippen molar-refractivity contribution in [3.05, 3.63) is 105 Å². The van der Waals surface area contributed by atoms with E-state index in [2.05, 4.69) is 38.0 Å². The van der Waals surface area contributed by atoms with Crippen LogP contribution in [0.3, 0.4) is 0 Å². The van der Waals surface area contributed by atoms with Gasteiger partial charge in [0.1, 0.15) is 5.75 Å². The molecule has 0 saturated heterocycles. The van der Waals surface area contributed by atoms with Crippen molar-refractivity contribution in [3.8, 4) is 11.4 Å². The number of amides is 1. The summed E-state index contributed by atoms with van der Waals surface area (Å²) in [6, 6.07) is 19.7. The highest BCUT2D eigenvalue weighted by Crippen LogP contribution is 2.23. The first-order valence-corrected chi connectivity index (χ1v) is 12.4. The summed E-state index contributed by atoms with van der Waals surface area (Å²) >= 11 is 4.54. The fourth-order valence-corrected chi connectivity index (χ4v) is 4.47. The third-order valence-electron chi connectivity index (χ3n) is 5.07. The Morgan fingerprint density at radius 2 is 1.91 bits per heavy atom. The van der Waals surface area contributed by atoms with Crippen LogP contribution in [0.4, 0.5) is 0 Å². The van der Waals surface area contributed by atoms with E-state index in [1.165, 1.54) is 10.8 Å². The number of hydrogen-bond donors (Lipinski definition) is 2. The maximum absolute atomic E-state index is 13.3. The van der Waals surface area contributed by atoms with E-state index >= 15 is 0 Å². The number of fused-ring (bicyclic) bond motifs is 1. The molecule has 0 unspecified atom stereocenters. The number of thioether (sulfide) groups is 1. The van der Waals surface area contributed by atoms with Gasteiger partial charge in [0.25, 0.3) is 11.5 Å². The number of rotatable bonds is 8. The molecule has 7 nitrogen and oxygen atoms in total. The maximum Gasteiger partial charge on any atom is 0.266 e. The van der Waals surface area contributed by atoms with Gasteiger partial charge < -0.3 is 5.11 Å². The lowest BCUT2D eigenvalue weighted by molar-refractivity contribution is -0.118. The van der Waals surface area contributed by atoms with Gasteiger partial charge in [0.2, 0.25) is 0 Å². The van der Waals surface area contributed by atoms with Gasteiger partial charge in [-0.15, -0.1) is 6.58 Å². The summed E-state index contributed by atoms with van der Waals surface area (Å²) in [5.41, 5.74) is 4.65. The summed E-state index contributed by atoms with van der Waals surface area (Å²) in [5, 5.41) is 15.1. The first kappa shape index (κ1) is 24.4. The Hall–Kier alpha value is -3.69. The summed E-state index contributed by atoms with van der Waals surface area (Å²) in [4.78, 5) is 30.3. The van der Waals surface area contributed by atoms with Crippen LogP contribution in [0.2, 0.25) is 0 Å². The number of phenols is 1. The van der Waals surface area contributed by atoms with Gasteiger partial charge in [-0.3, -0.25) is 14.2 Å². The van der Waals surface area contributed by atoms with Crippen molar-refractivity contribution in [2.45, 2.75) is 11.6 Å². The highest BCUT2D eigenvalue weighted by molar-refractivity contribution is 9.10. The number of hydrazone groups is 1. The van der Waals surface area contributed by atoms with Crippen LogP contribution in [0.25, 0.3) is 16.6 Å². The van der Waals surface area contributed by atoms with Gasteiger partial charge in [-0.2, -0.15) is 5.10 Å². The van der Waals surface area contributed by atoms with Crippen LogP contribution < -0.4 is 11.0 Å². The molecule has 4 aromatic rings. The van der Waals surface area contributed by atoms with Gasteiger partial charge in [0, 0.05) is 10.0 Å². The Bertz CT molecular complexity index is 1480. The molecule has 0 aliphatic heterocycles. The van der Waals surface area contributed by atoms with Crippen molar-refractivity contribution in [1.29, 1.82) is 0 Å². The zero-order valence-corrected chi connectivity index (χ0v) is 20.9. The molecule has 4 rings (SSSR count). The number of para-hydroxylation sites is 2. The average Bonchev–Trinajstić information content (AvgIpc) is 2.86. The van der Waals surface area contributed by atoms with Crippen molar-refractivity contribution in [1.82, 2.24) is 15.0 Å². The van der Waals surface area contributed by atoms with Crippen LogP contribution in [0, 0.1) is 0 Å². The highest BCUT2D eigenvalue weighted by Gasteiger charge is 2.15. The highest BCUT2D eigenvalue weighted by atomic mass is 79.9. The van der Waals surface area contributed by atoms with Gasteiger partial charge in [-0.05, 0) is 54.4 Å². The van der Waals surface area contributed by atoms with Gasteiger partial charge in [-0.1, -0.05) is 58.0 Å². The van der Waals surface area contributed by atoms with E-state index < -0.39 is 0 Å². The van der Waals surface area contributed by atoms with E-state index in [9.17, 15) is 14.7 Å². The first-order valence-electron chi connectivity index (χ1n) is 10.6. The summed E-state index contributed by atoms with van der Waals surface area (Å²) in [7, 11) is 0. The van der Waals surface area contributed by atoms with Crippen molar-refractivity contribution >= 4 is 50.7 Å². The van der Waals surface area contributed by atoms with Gasteiger partial charge in [0.05, 0.1) is 28.6 Å².